The third kappa shape index (κ3) is 3.11. The van der Waals surface area contributed by atoms with Crippen LogP contribution in [-0.4, -0.2) is 4.98 Å². The molecule has 0 aliphatic heterocycles. The molecule has 4 heteroatoms. The molecule has 20 heavy (non-hydrogen) atoms. The summed E-state index contributed by atoms with van der Waals surface area (Å²) in [6.45, 7) is 0.405. The van der Waals surface area contributed by atoms with Gasteiger partial charge in [0, 0.05) is 15.7 Å². The Bertz CT molecular complexity index is 760. The lowest BCUT2D eigenvalue weighted by Crippen LogP contribution is -1.97. The van der Waals surface area contributed by atoms with Crippen molar-refractivity contribution in [1.29, 1.82) is 0 Å². The lowest BCUT2D eigenvalue weighted by molar-refractivity contribution is 0.302. The Hall–Kier alpha value is -1.58. The van der Waals surface area contributed by atoms with Crippen LogP contribution in [0.4, 0.5) is 0 Å². The number of nitrogens with zero attached hydrogens (tertiary/aromatic N) is 1. The second kappa shape index (κ2) is 5.81. The molecule has 0 saturated carbocycles. The topological polar surface area (TPSA) is 22.1 Å². The zero-order valence-corrected chi connectivity index (χ0v) is 12.9. The number of aromatic nitrogens is 1. The number of benzene rings is 2. The summed E-state index contributed by atoms with van der Waals surface area (Å²) >= 11 is 9.39. The van der Waals surface area contributed by atoms with Crippen molar-refractivity contribution in [3.63, 3.8) is 0 Å². The minimum atomic E-state index is 0.405. The van der Waals surface area contributed by atoms with E-state index in [2.05, 4.69) is 33.0 Å². The zero-order valence-electron chi connectivity index (χ0n) is 10.5. The van der Waals surface area contributed by atoms with Gasteiger partial charge in [-0.1, -0.05) is 39.7 Å². The standard InChI is InChI=1S/C16H11BrClNO/c17-13-3-1-12-8-16(4-2-11(12)7-13)20-10-15-9-14(18)5-6-19-15/h1-9H,10H2. The van der Waals surface area contributed by atoms with Crippen LogP contribution in [0.3, 0.4) is 0 Å². The zero-order chi connectivity index (χ0) is 13.9. The highest BCUT2D eigenvalue weighted by molar-refractivity contribution is 9.10. The van der Waals surface area contributed by atoms with Gasteiger partial charge in [-0.3, -0.25) is 4.98 Å². The van der Waals surface area contributed by atoms with E-state index in [1.807, 2.05) is 24.3 Å². The summed E-state index contributed by atoms with van der Waals surface area (Å²) in [6.07, 6.45) is 1.68. The van der Waals surface area contributed by atoms with Crippen LogP contribution < -0.4 is 4.74 Å². The Morgan fingerprint density at radius 1 is 1.00 bits per heavy atom. The minimum absolute atomic E-state index is 0.405. The molecule has 1 heterocycles. The first kappa shape index (κ1) is 13.4. The van der Waals surface area contributed by atoms with Crippen molar-refractivity contribution in [2.45, 2.75) is 6.61 Å². The van der Waals surface area contributed by atoms with E-state index in [1.54, 1.807) is 18.3 Å². The molecule has 0 N–H and O–H groups in total. The van der Waals surface area contributed by atoms with Crippen LogP contribution in [0.15, 0.2) is 59.2 Å². The van der Waals surface area contributed by atoms with Crippen LogP contribution in [0.2, 0.25) is 5.02 Å². The molecule has 1 aromatic heterocycles. The third-order valence-corrected chi connectivity index (χ3v) is 3.67. The second-order valence-electron chi connectivity index (χ2n) is 4.41. The maximum atomic E-state index is 5.92. The van der Waals surface area contributed by atoms with E-state index >= 15 is 0 Å². The summed E-state index contributed by atoms with van der Waals surface area (Å²) in [5, 5.41) is 2.99. The van der Waals surface area contributed by atoms with E-state index in [-0.39, 0.29) is 0 Å². The normalized spacial score (nSPS) is 10.7. The molecule has 0 fully saturated rings. The van der Waals surface area contributed by atoms with Crippen molar-refractivity contribution in [2.24, 2.45) is 0 Å². The van der Waals surface area contributed by atoms with Gasteiger partial charge < -0.3 is 4.74 Å². The molecule has 0 spiro atoms. The maximum Gasteiger partial charge on any atom is 0.130 e. The predicted molar refractivity (Wildman–Crippen MR) is 85.2 cm³/mol. The van der Waals surface area contributed by atoms with E-state index < -0.39 is 0 Å². The number of rotatable bonds is 3. The number of halogens is 2. The van der Waals surface area contributed by atoms with E-state index in [1.165, 1.54) is 5.39 Å². The Kier molecular flexibility index (Phi) is 3.90. The van der Waals surface area contributed by atoms with Gasteiger partial charge in [-0.15, -0.1) is 0 Å². The van der Waals surface area contributed by atoms with Crippen LogP contribution in [0.1, 0.15) is 5.69 Å². The average molecular weight is 349 g/mol. The first-order valence-corrected chi connectivity index (χ1v) is 7.30. The summed E-state index contributed by atoms with van der Waals surface area (Å²) in [7, 11) is 0. The van der Waals surface area contributed by atoms with E-state index in [9.17, 15) is 0 Å². The Balaban J connectivity index is 1.79. The average Bonchev–Trinajstić information content (AvgIpc) is 2.45. The number of hydrogen-bond donors (Lipinski definition) is 0. The molecule has 2 nitrogen and oxygen atoms in total. The lowest BCUT2D eigenvalue weighted by atomic mass is 10.1. The predicted octanol–water partition coefficient (Wildman–Crippen LogP) is 5.23. The molecule has 0 atom stereocenters. The van der Waals surface area contributed by atoms with Crippen LogP contribution in [0.5, 0.6) is 5.75 Å². The van der Waals surface area contributed by atoms with Crippen molar-refractivity contribution in [1.82, 2.24) is 4.98 Å². The van der Waals surface area contributed by atoms with Gasteiger partial charge in [0.15, 0.2) is 0 Å². The lowest BCUT2D eigenvalue weighted by Gasteiger charge is -2.07. The number of ether oxygens (including phenoxy) is 1. The molecular weight excluding hydrogens is 338 g/mol. The van der Waals surface area contributed by atoms with Gasteiger partial charge in [-0.2, -0.15) is 0 Å². The van der Waals surface area contributed by atoms with Crippen molar-refractivity contribution in [3.05, 3.63) is 69.9 Å². The van der Waals surface area contributed by atoms with Crippen molar-refractivity contribution < 1.29 is 4.74 Å². The van der Waals surface area contributed by atoms with Crippen LogP contribution in [0, 0.1) is 0 Å². The highest BCUT2D eigenvalue weighted by Crippen LogP contribution is 2.24. The number of hydrogen-bond acceptors (Lipinski definition) is 2. The number of fused-ring (bicyclic) bond motifs is 1. The fraction of sp³-hybridized carbons (Fsp3) is 0.0625. The van der Waals surface area contributed by atoms with Crippen molar-refractivity contribution >= 4 is 38.3 Å². The molecule has 2 aromatic carbocycles. The number of pyridine rings is 1. The third-order valence-electron chi connectivity index (χ3n) is 2.94. The van der Waals surface area contributed by atoms with Gasteiger partial charge in [0.1, 0.15) is 12.4 Å². The van der Waals surface area contributed by atoms with E-state index in [0.717, 1.165) is 21.3 Å². The SMILES string of the molecule is Clc1ccnc(COc2ccc3cc(Br)ccc3c2)c1. The molecule has 0 unspecified atom stereocenters. The smallest absolute Gasteiger partial charge is 0.130 e. The molecule has 100 valence electrons. The van der Waals surface area contributed by atoms with Crippen LogP contribution in [-0.2, 0) is 6.61 Å². The molecule has 3 rings (SSSR count). The minimum Gasteiger partial charge on any atom is -0.487 e. The van der Waals surface area contributed by atoms with E-state index in [0.29, 0.717) is 11.6 Å². The second-order valence-corrected chi connectivity index (χ2v) is 5.76. The summed E-state index contributed by atoms with van der Waals surface area (Å²) in [4.78, 5) is 4.21. The molecule has 0 aliphatic rings. The Labute approximate surface area is 130 Å². The highest BCUT2D eigenvalue weighted by Gasteiger charge is 2.01. The van der Waals surface area contributed by atoms with Gasteiger partial charge in [-0.05, 0) is 47.2 Å². The fourth-order valence-corrected chi connectivity index (χ4v) is 2.53. The van der Waals surface area contributed by atoms with E-state index in [4.69, 9.17) is 16.3 Å². The summed E-state index contributed by atoms with van der Waals surface area (Å²) in [6, 6.07) is 15.7. The molecule has 0 saturated heterocycles. The summed E-state index contributed by atoms with van der Waals surface area (Å²) in [5.74, 6) is 0.821. The molecule has 0 radical (unpaired) electrons. The maximum absolute atomic E-state index is 5.92. The molecule has 0 bridgehead atoms. The largest absolute Gasteiger partial charge is 0.487 e. The first-order valence-electron chi connectivity index (χ1n) is 6.13. The van der Waals surface area contributed by atoms with Crippen molar-refractivity contribution in [3.8, 4) is 5.75 Å². The van der Waals surface area contributed by atoms with Gasteiger partial charge in [0.2, 0.25) is 0 Å². The monoisotopic (exact) mass is 347 g/mol. The van der Waals surface area contributed by atoms with Gasteiger partial charge >= 0.3 is 0 Å². The van der Waals surface area contributed by atoms with Gasteiger partial charge in [-0.25, -0.2) is 0 Å². The fourth-order valence-electron chi connectivity index (χ4n) is 1.97. The van der Waals surface area contributed by atoms with Crippen molar-refractivity contribution in [2.75, 3.05) is 0 Å². The Morgan fingerprint density at radius 2 is 1.80 bits per heavy atom. The quantitative estimate of drug-likeness (QED) is 0.646. The van der Waals surface area contributed by atoms with Gasteiger partial charge in [0.05, 0.1) is 5.69 Å². The molecule has 3 aromatic rings. The van der Waals surface area contributed by atoms with Crippen LogP contribution in [0.25, 0.3) is 10.8 Å². The summed E-state index contributed by atoms with van der Waals surface area (Å²) < 4.78 is 6.82. The molecule has 0 amide bonds. The first-order chi connectivity index (χ1) is 9.70. The molecule has 0 aliphatic carbocycles. The van der Waals surface area contributed by atoms with Crippen LogP contribution >= 0.6 is 27.5 Å². The Morgan fingerprint density at radius 3 is 2.65 bits per heavy atom. The van der Waals surface area contributed by atoms with Gasteiger partial charge in [0.25, 0.3) is 0 Å². The molecular formula is C16H11BrClNO. The summed E-state index contributed by atoms with van der Waals surface area (Å²) in [5.41, 5.74) is 0.813. The highest BCUT2D eigenvalue weighted by atomic mass is 79.9.